The summed E-state index contributed by atoms with van der Waals surface area (Å²) >= 11 is 0. The molecule has 5 nitrogen and oxygen atoms in total. The van der Waals surface area contributed by atoms with Crippen molar-refractivity contribution in [3.8, 4) is 5.88 Å². The van der Waals surface area contributed by atoms with Crippen LogP contribution in [-0.4, -0.2) is 28.7 Å². The number of rotatable bonds is 8. The molecule has 0 aliphatic rings. The first kappa shape index (κ1) is 14.7. The first-order valence-electron chi connectivity index (χ1n) is 6.62. The summed E-state index contributed by atoms with van der Waals surface area (Å²) in [4.78, 5) is 8.49. The molecule has 1 aromatic rings. The first-order valence-corrected chi connectivity index (χ1v) is 6.62. The van der Waals surface area contributed by atoms with Gasteiger partial charge in [-0.15, -0.1) is 0 Å². The molecule has 18 heavy (non-hydrogen) atoms. The maximum Gasteiger partial charge on any atom is 0.226 e. The van der Waals surface area contributed by atoms with Gasteiger partial charge in [-0.05, 0) is 20.3 Å². The molecule has 0 fully saturated rings. The molecule has 0 saturated heterocycles. The van der Waals surface area contributed by atoms with Crippen LogP contribution in [0.1, 0.15) is 40.0 Å². The minimum atomic E-state index is 0.109. The zero-order valence-electron chi connectivity index (χ0n) is 11.5. The van der Waals surface area contributed by atoms with Gasteiger partial charge in [0.25, 0.3) is 0 Å². The van der Waals surface area contributed by atoms with Crippen LogP contribution in [0, 0.1) is 0 Å². The molecule has 5 heteroatoms. The highest BCUT2D eigenvalue weighted by Crippen LogP contribution is 2.12. The molecule has 102 valence electrons. The molecular weight excluding hydrogens is 228 g/mol. The summed E-state index contributed by atoms with van der Waals surface area (Å²) in [5, 5.41) is 3.25. The summed E-state index contributed by atoms with van der Waals surface area (Å²) in [6, 6.07) is 1.98. The summed E-state index contributed by atoms with van der Waals surface area (Å²) in [6.07, 6.45) is 5.15. The van der Waals surface area contributed by atoms with Crippen LogP contribution in [0.15, 0.2) is 12.3 Å². The largest absolute Gasteiger partial charge is 0.475 e. The number of nitrogens with two attached hydrogens (primary N) is 1. The highest BCUT2D eigenvalue weighted by atomic mass is 16.5. The van der Waals surface area contributed by atoms with E-state index in [1.807, 2.05) is 13.8 Å². The van der Waals surface area contributed by atoms with E-state index in [9.17, 15) is 0 Å². The van der Waals surface area contributed by atoms with Gasteiger partial charge in [-0.2, -0.15) is 4.98 Å². The third kappa shape index (κ3) is 5.31. The first-order chi connectivity index (χ1) is 8.65. The van der Waals surface area contributed by atoms with E-state index in [1.165, 1.54) is 0 Å². The van der Waals surface area contributed by atoms with Crippen molar-refractivity contribution in [3.05, 3.63) is 12.3 Å². The molecule has 0 saturated carbocycles. The van der Waals surface area contributed by atoms with Crippen molar-refractivity contribution < 1.29 is 4.74 Å². The average molecular weight is 252 g/mol. The van der Waals surface area contributed by atoms with E-state index in [0.717, 1.165) is 19.3 Å². The zero-order chi connectivity index (χ0) is 13.4. The van der Waals surface area contributed by atoms with E-state index in [1.54, 1.807) is 12.3 Å². The predicted octanol–water partition coefficient (Wildman–Crippen LogP) is 2.19. The van der Waals surface area contributed by atoms with Gasteiger partial charge in [0.15, 0.2) is 0 Å². The third-order valence-corrected chi connectivity index (χ3v) is 2.51. The van der Waals surface area contributed by atoms with Gasteiger partial charge in [0, 0.05) is 24.8 Å². The number of ether oxygens (including phenoxy) is 1. The average Bonchev–Trinajstić information content (AvgIpc) is 2.34. The Bertz CT molecular complexity index is 344. The quantitative estimate of drug-likeness (QED) is 0.742. The topological polar surface area (TPSA) is 73.1 Å². The van der Waals surface area contributed by atoms with E-state index in [0.29, 0.717) is 18.4 Å². The molecule has 0 amide bonds. The van der Waals surface area contributed by atoms with E-state index in [2.05, 4.69) is 22.2 Å². The highest BCUT2D eigenvalue weighted by molar-refractivity contribution is 5.29. The van der Waals surface area contributed by atoms with Crippen LogP contribution < -0.4 is 15.8 Å². The smallest absolute Gasteiger partial charge is 0.226 e. The van der Waals surface area contributed by atoms with Crippen LogP contribution >= 0.6 is 0 Å². The van der Waals surface area contributed by atoms with Crippen LogP contribution in [0.4, 0.5) is 5.95 Å². The van der Waals surface area contributed by atoms with Crippen molar-refractivity contribution in [1.82, 2.24) is 9.97 Å². The fourth-order valence-electron chi connectivity index (χ4n) is 1.60. The lowest BCUT2D eigenvalue weighted by atomic mass is 10.1. The number of hydrogen-bond acceptors (Lipinski definition) is 5. The molecule has 0 aliphatic heterocycles. The molecule has 0 spiro atoms. The van der Waals surface area contributed by atoms with Crippen molar-refractivity contribution >= 4 is 5.95 Å². The summed E-state index contributed by atoms with van der Waals surface area (Å²) in [7, 11) is 0. The van der Waals surface area contributed by atoms with Gasteiger partial charge in [-0.25, -0.2) is 4.98 Å². The Hall–Kier alpha value is -1.36. The van der Waals surface area contributed by atoms with Gasteiger partial charge in [0.1, 0.15) is 0 Å². The van der Waals surface area contributed by atoms with E-state index in [-0.39, 0.29) is 12.1 Å². The Morgan fingerprint density at radius 3 is 2.83 bits per heavy atom. The normalized spacial score (nSPS) is 12.5. The summed E-state index contributed by atoms with van der Waals surface area (Å²) < 4.78 is 5.53. The van der Waals surface area contributed by atoms with Crippen LogP contribution in [0.3, 0.4) is 0 Å². The molecule has 1 atom stereocenters. The molecular formula is C13H24N4O. The van der Waals surface area contributed by atoms with Gasteiger partial charge < -0.3 is 15.8 Å². The molecule has 1 heterocycles. The van der Waals surface area contributed by atoms with Gasteiger partial charge in [-0.3, -0.25) is 0 Å². The molecule has 1 aromatic heterocycles. The van der Waals surface area contributed by atoms with Crippen LogP contribution in [-0.2, 0) is 0 Å². The Morgan fingerprint density at radius 2 is 2.22 bits per heavy atom. The second kappa shape index (κ2) is 7.87. The molecule has 1 rings (SSSR count). The van der Waals surface area contributed by atoms with Crippen molar-refractivity contribution in [1.29, 1.82) is 0 Å². The van der Waals surface area contributed by atoms with Crippen LogP contribution in [0.2, 0.25) is 0 Å². The second-order valence-electron chi connectivity index (χ2n) is 4.60. The van der Waals surface area contributed by atoms with Gasteiger partial charge >= 0.3 is 0 Å². The number of nitrogens with one attached hydrogen (secondary N) is 1. The maximum atomic E-state index is 5.73. The Labute approximate surface area is 109 Å². The fraction of sp³-hybridized carbons (Fsp3) is 0.692. The second-order valence-corrected chi connectivity index (χ2v) is 4.60. The molecule has 0 radical (unpaired) electrons. The number of unbranched alkanes of at least 4 members (excludes halogenated alkanes) is 1. The van der Waals surface area contributed by atoms with Crippen LogP contribution in [0.5, 0.6) is 5.88 Å². The van der Waals surface area contributed by atoms with Crippen molar-refractivity contribution in [3.63, 3.8) is 0 Å². The third-order valence-electron chi connectivity index (χ3n) is 2.51. The minimum absolute atomic E-state index is 0.109. The van der Waals surface area contributed by atoms with E-state index in [4.69, 9.17) is 10.5 Å². The van der Waals surface area contributed by atoms with E-state index < -0.39 is 0 Å². The molecule has 0 bridgehead atoms. The Kier molecular flexibility index (Phi) is 6.43. The van der Waals surface area contributed by atoms with Crippen molar-refractivity contribution in [2.45, 2.75) is 52.2 Å². The summed E-state index contributed by atoms with van der Waals surface area (Å²) in [6.45, 7) is 6.69. The summed E-state index contributed by atoms with van der Waals surface area (Å²) in [5.41, 5.74) is 5.73. The molecule has 0 aliphatic carbocycles. The Morgan fingerprint density at radius 1 is 1.44 bits per heavy atom. The van der Waals surface area contributed by atoms with Crippen LogP contribution in [0.25, 0.3) is 0 Å². The van der Waals surface area contributed by atoms with Crippen molar-refractivity contribution in [2.75, 3.05) is 11.9 Å². The van der Waals surface area contributed by atoms with Gasteiger partial charge in [0.05, 0.1) is 6.10 Å². The predicted molar refractivity (Wildman–Crippen MR) is 73.8 cm³/mol. The molecule has 0 aromatic carbocycles. The number of anilines is 1. The molecule has 1 unspecified atom stereocenters. The highest BCUT2D eigenvalue weighted by Gasteiger charge is 2.08. The maximum absolute atomic E-state index is 5.73. The lowest BCUT2D eigenvalue weighted by molar-refractivity contribution is 0.232. The summed E-state index contributed by atoms with van der Waals surface area (Å²) in [5.74, 6) is 1.17. The van der Waals surface area contributed by atoms with Gasteiger partial charge in [-0.1, -0.05) is 19.8 Å². The van der Waals surface area contributed by atoms with Crippen molar-refractivity contribution in [2.24, 2.45) is 5.73 Å². The zero-order valence-corrected chi connectivity index (χ0v) is 11.5. The number of nitrogens with zero attached hydrogens (tertiary/aromatic N) is 2. The monoisotopic (exact) mass is 252 g/mol. The fourth-order valence-corrected chi connectivity index (χ4v) is 1.60. The molecule has 3 N–H and O–H groups in total. The number of hydrogen-bond donors (Lipinski definition) is 2. The SMILES string of the molecule is CCCCC(CN)Nc1nccc(OC(C)C)n1. The lowest BCUT2D eigenvalue weighted by Crippen LogP contribution is -2.29. The van der Waals surface area contributed by atoms with Gasteiger partial charge in [0.2, 0.25) is 11.8 Å². The Balaban J connectivity index is 2.59. The standard InChI is InChI=1S/C13H24N4O/c1-4-5-6-11(9-14)16-13-15-8-7-12(17-13)18-10(2)3/h7-8,10-11H,4-6,9,14H2,1-3H3,(H,15,16,17). The van der Waals surface area contributed by atoms with E-state index >= 15 is 0 Å². The number of aromatic nitrogens is 2. The minimum Gasteiger partial charge on any atom is -0.475 e. The lowest BCUT2D eigenvalue weighted by Gasteiger charge is -2.17.